The van der Waals surface area contributed by atoms with Gasteiger partial charge in [0, 0.05) is 5.56 Å². The van der Waals surface area contributed by atoms with Crippen LogP contribution in [0.5, 0.6) is 5.75 Å². The van der Waals surface area contributed by atoms with Gasteiger partial charge in [0.1, 0.15) is 5.75 Å². The van der Waals surface area contributed by atoms with Crippen LogP contribution in [0.3, 0.4) is 0 Å². The monoisotopic (exact) mass is 378 g/mol. The molecule has 3 nitrogen and oxygen atoms in total. The van der Waals surface area contributed by atoms with Gasteiger partial charge in [-0.2, -0.15) is 0 Å². The molecule has 0 atom stereocenters. The van der Waals surface area contributed by atoms with E-state index in [-0.39, 0.29) is 5.41 Å². The van der Waals surface area contributed by atoms with Crippen molar-refractivity contribution in [3.63, 3.8) is 0 Å². The summed E-state index contributed by atoms with van der Waals surface area (Å²) in [6, 6.07) is 11.4. The van der Waals surface area contributed by atoms with Crippen LogP contribution >= 0.6 is 0 Å². The van der Waals surface area contributed by atoms with Gasteiger partial charge in [-0.05, 0) is 72.1 Å². The lowest BCUT2D eigenvalue weighted by molar-refractivity contribution is 0.0695. The third kappa shape index (κ3) is 4.14. The summed E-state index contributed by atoms with van der Waals surface area (Å²) in [5.41, 5.74) is 5.50. The van der Waals surface area contributed by atoms with Crippen LogP contribution in [-0.4, -0.2) is 16.2 Å². The molecule has 1 aliphatic carbocycles. The summed E-state index contributed by atoms with van der Waals surface area (Å²) in [5.74, 6) is -0.493. The Balaban J connectivity index is 1.95. The summed E-state index contributed by atoms with van der Waals surface area (Å²) in [7, 11) is 0. The highest BCUT2D eigenvalue weighted by Gasteiger charge is 2.31. The van der Waals surface area contributed by atoms with Crippen LogP contribution in [0.1, 0.15) is 85.5 Å². The largest absolute Gasteiger partial charge is 0.508 e. The van der Waals surface area contributed by atoms with Gasteiger partial charge in [-0.25, -0.2) is 4.79 Å². The normalized spacial score (nSPS) is 16.8. The standard InChI is InChI=1S/C25H30O3/c1-4-19-15-18(8-10-21(19)24(27)28)14-17(2)20-9-11-23(26)22(16-20)25(3)12-6-5-7-13-25/h8-11,14-16,26H,4-7,12-13H2,1-3H3,(H,27,28). The molecule has 2 N–H and O–H groups in total. The van der Waals surface area contributed by atoms with Crippen molar-refractivity contribution in [2.75, 3.05) is 0 Å². The van der Waals surface area contributed by atoms with E-state index in [0.717, 1.165) is 40.7 Å². The molecule has 2 aromatic rings. The van der Waals surface area contributed by atoms with Crippen LogP contribution in [0.25, 0.3) is 11.6 Å². The highest BCUT2D eigenvalue weighted by Crippen LogP contribution is 2.43. The Bertz CT molecular complexity index is 902. The van der Waals surface area contributed by atoms with Gasteiger partial charge >= 0.3 is 5.97 Å². The number of aryl methyl sites for hydroxylation is 1. The molecule has 1 saturated carbocycles. The number of hydrogen-bond donors (Lipinski definition) is 2. The van der Waals surface area contributed by atoms with E-state index in [2.05, 4.69) is 26.0 Å². The van der Waals surface area contributed by atoms with Gasteiger partial charge in [0.25, 0.3) is 0 Å². The van der Waals surface area contributed by atoms with E-state index in [1.165, 1.54) is 19.3 Å². The number of carbonyl (C=O) groups is 1. The number of benzene rings is 2. The Morgan fingerprint density at radius 1 is 1.11 bits per heavy atom. The predicted octanol–water partition coefficient (Wildman–Crippen LogP) is 6.44. The first kappa shape index (κ1) is 20.2. The summed E-state index contributed by atoms with van der Waals surface area (Å²) in [6.45, 7) is 6.30. The van der Waals surface area contributed by atoms with Gasteiger partial charge in [0.05, 0.1) is 5.56 Å². The van der Waals surface area contributed by atoms with Crippen molar-refractivity contribution < 1.29 is 15.0 Å². The summed E-state index contributed by atoms with van der Waals surface area (Å²) in [5, 5.41) is 19.8. The van der Waals surface area contributed by atoms with Gasteiger partial charge in [-0.1, -0.05) is 57.4 Å². The zero-order chi connectivity index (χ0) is 20.3. The topological polar surface area (TPSA) is 57.5 Å². The fourth-order valence-electron chi connectivity index (χ4n) is 4.40. The predicted molar refractivity (Wildman–Crippen MR) is 115 cm³/mol. The van der Waals surface area contributed by atoms with Crippen molar-refractivity contribution in [3.8, 4) is 5.75 Å². The van der Waals surface area contributed by atoms with E-state index in [1.54, 1.807) is 6.07 Å². The Morgan fingerprint density at radius 2 is 1.82 bits per heavy atom. The minimum Gasteiger partial charge on any atom is -0.508 e. The first-order valence-corrected chi connectivity index (χ1v) is 10.2. The van der Waals surface area contributed by atoms with E-state index in [1.807, 2.05) is 31.2 Å². The van der Waals surface area contributed by atoms with Crippen LogP contribution in [0.4, 0.5) is 0 Å². The first-order valence-electron chi connectivity index (χ1n) is 10.2. The summed E-state index contributed by atoms with van der Waals surface area (Å²) in [4.78, 5) is 11.3. The Morgan fingerprint density at radius 3 is 2.46 bits per heavy atom. The third-order valence-electron chi connectivity index (χ3n) is 6.18. The van der Waals surface area contributed by atoms with E-state index in [4.69, 9.17) is 0 Å². The van der Waals surface area contributed by atoms with Gasteiger partial charge in [-0.15, -0.1) is 0 Å². The minimum atomic E-state index is -0.881. The van der Waals surface area contributed by atoms with E-state index < -0.39 is 5.97 Å². The Hall–Kier alpha value is -2.55. The second-order valence-corrected chi connectivity index (χ2v) is 8.26. The number of aromatic carboxylic acids is 1. The fraction of sp³-hybridized carbons (Fsp3) is 0.400. The molecule has 3 rings (SSSR count). The molecule has 0 saturated heterocycles. The van der Waals surface area contributed by atoms with Crippen molar-refractivity contribution >= 4 is 17.6 Å². The van der Waals surface area contributed by atoms with Gasteiger partial charge in [0.15, 0.2) is 0 Å². The number of carboxylic acids is 1. The van der Waals surface area contributed by atoms with Crippen molar-refractivity contribution in [1.29, 1.82) is 0 Å². The number of carboxylic acid groups (broad SMARTS) is 1. The molecule has 2 aromatic carbocycles. The highest BCUT2D eigenvalue weighted by molar-refractivity contribution is 5.90. The molecule has 0 aromatic heterocycles. The third-order valence-corrected chi connectivity index (χ3v) is 6.18. The molecule has 1 aliphatic rings. The van der Waals surface area contributed by atoms with Crippen molar-refractivity contribution in [3.05, 3.63) is 64.2 Å². The van der Waals surface area contributed by atoms with Crippen molar-refractivity contribution in [2.24, 2.45) is 0 Å². The zero-order valence-electron chi connectivity index (χ0n) is 17.1. The molecular formula is C25H30O3. The van der Waals surface area contributed by atoms with E-state index in [9.17, 15) is 15.0 Å². The quantitative estimate of drug-likeness (QED) is 0.589. The molecule has 0 heterocycles. The molecular weight excluding hydrogens is 348 g/mol. The molecule has 0 amide bonds. The molecule has 0 radical (unpaired) electrons. The number of phenols is 1. The van der Waals surface area contributed by atoms with Crippen molar-refractivity contribution in [1.82, 2.24) is 0 Å². The average molecular weight is 379 g/mol. The maximum atomic E-state index is 11.3. The Labute approximate surface area is 167 Å². The molecule has 28 heavy (non-hydrogen) atoms. The summed E-state index contributed by atoms with van der Waals surface area (Å²) in [6.07, 6.45) is 8.71. The smallest absolute Gasteiger partial charge is 0.335 e. The molecule has 0 aliphatic heterocycles. The van der Waals surface area contributed by atoms with E-state index in [0.29, 0.717) is 17.7 Å². The molecule has 0 unspecified atom stereocenters. The van der Waals surface area contributed by atoms with Gasteiger partial charge < -0.3 is 10.2 Å². The lowest BCUT2D eigenvalue weighted by atomic mass is 9.70. The van der Waals surface area contributed by atoms with E-state index >= 15 is 0 Å². The van der Waals surface area contributed by atoms with Crippen LogP contribution in [0, 0.1) is 0 Å². The van der Waals surface area contributed by atoms with Crippen molar-refractivity contribution in [2.45, 2.75) is 64.7 Å². The first-order chi connectivity index (χ1) is 13.3. The number of allylic oxidation sites excluding steroid dienone is 1. The molecule has 0 bridgehead atoms. The van der Waals surface area contributed by atoms with Crippen LogP contribution in [0.15, 0.2) is 36.4 Å². The summed E-state index contributed by atoms with van der Waals surface area (Å²) < 4.78 is 0. The van der Waals surface area contributed by atoms with Gasteiger partial charge in [-0.3, -0.25) is 0 Å². The van der Waals surface area contributed by atoms with Gasteiger partial charge in [0.2, 0.25) is 0 Å². The maximum Gasteiger partial charge on any atom is 0.335 e. The Kier molecular flexibility index (Phi) is 5.93. The number of rotatable bonds is 5. The molecule has 148 valence electrons. The van der Waals surface area contributed by atoms with Crippen LogP contribution < -0.4 is 0 Å². The second-order valence-electron chi connectivity index (χ2n) is 8.26. The minimum absolute atomic E-state index is 0.0388. The summed E-state index contributed by atoms with van der Waals surface area (Å²) >= 11 is 0. The molecule has 0 spiro atoms. The number of aromatic hydroxyl groups is 1. The SMILES string of the molecule is CCc1cc(C=C(C)c2ccc(O)c(C3(C)CCCCC3)c2)ccc1C(=O)O. The maximum absolute atomic E-state index is 11.3. The second kappa shape index (κ2) is 8.22. The lowest BCUT2D eigenvalue weighted by Crippen LogP contribution is -2.25. The number of phenolic OH excluding ortho intramolecular Hbond substituents is 1. The molecule has 3 heteroatoms. The van der Waals surface area contributed by atoms with Crippen LogP contribution in [-0.2, 0) is 11.8 Å². The average Bonchev–Trinajstić information content (AvgIpc) is 2.68. The highest BCUT2D eigenvalue weighted by atomic mass is 16.4. The lowest BCUT2D eigenvalue weighted by Gasteiger charge is -2.35. The zero-order valence-corrected chi connectivity index (χ0v) is 17.1. The van der Waals surface area contributed by atoms with Crippen LogP contribution in [0.2, 0.25) is 0 Å². The number of hydrogen-bond acceptors (Lipinski definition) is 2. The fourth-order valence-corrected chi connectivity index (χ4v) is 4.40. The molecule has 1 fully saturated rings.